The molecule has 0 aliphatic carbocycles. The van der Waals surface area contributed by atoms with Crippen molar-refractivity contribution >= 4 is 23.2 Å². The van der Waals surface area contributed by atoms with Crippen LogP contribution in [0.1, 0.15) is 18.9 Å². The van der Waals surface area contributed by atoms with Gasteiger partial charge in [-0.2, -0.15) is 13.2 Å². The van der Waals surface area contributed by atoms with Crippen LogP contribution >= 0.6 is 11.6 Å². The van der Waals surface area contributed by atoms with Gasteiger partial charge in [-0.3, -0.25) is 4.79 Å². The highest BCUT2D eigenvalue weighted by Gasteiger charge is 2.33. The Bertz CT molecular complexity index is 705. The van der Waals surface area contributed by atoms with Gasteiger partial charge in [-0.1, -0.05) is 36.7 Å². The quantitative estimate of drug-likeness (QED) is 0.803. The third-order valence-electron chi connectivity index (χ3n) is 3.22. The average molecular weight is 358 g/mol. The van der Waals surface area contributed by atoms with Gasteiger partial charge in [0.1, 0.15) is 5.75 Å². The molecule has 3 nitrogen and oxygen atoms in total. The van der Waals surface area contributed by atoms with Gasteiger partial charge in [0.25, 0.3) is 5.91 Å². The van der Waals surface area contributed by atoms with Crippen molar-refractivity contribution in [3.05, 3.63) is 59.1 Å². The summed E-state index contributed by atoms with van der Waals surface area (Å²) >= 11 is 5.56. The van der Waals surface area contributed by atoms with E-state index in [1.165, 1.54) is 6.07 Å². The maximum atomic E-state index is 12.9. The standard InChI is InChI=1S/C17H15ClF3NO2/c1-2-15(24-12-6-4-3-5-7-12)16(23)22-11-8-9-14(18)13(10-11)17(19,20)21/h3-10,15H,2H2,1H3,(H,22,23). The summed E-state index contributed by atoms with van der Waals surface area (Å²) in [6.07, 6.45) is -5.06. The number of hydrogen-bond acceptors (Lipinski definition) is 2. The van der Waals surface area contributed by atoms with Gasteiger partial charge in [0, 0.05) is 5.69 Å². The Morgan fingerprint density at radius 1 is 1.21 bits per heavy atom. The van der Waals surface area contributed by atoms with Gasteiger partial charge in [0.15, 0.2) is 6.10 Å². The van der Waals surface area contributed by atoms with Crippen molar-refractivity contribution < 1.29 is 22.7 Å². The fourth-order valence-corrected chi connectivity index (χ4v) is 2.25. The summed E-state index contributed by atoms with van der Waals surface area (Å²) in [5.41, 5.74) is -0.995. The van der Waals surface area contributed by atoms with Gasteiger partial charge in [0.05, 0.1) is 10.6 Å². The molecule has 0 saturated heterocycles. The van der Waals surface area contributed by atoms with Gasteiger partial charge in [-0.05, 0) is 36.8 Å². The molecule has 1 atom stereocenters. The number of anilines is 1. The van der Waals surface area contributed by atoms with Gasteiger partial charge < -0.3 is 10.1 Å². The fourth-order valence-electron chi connectivity index (χ4n) is 2.03. The zero-order valence-corrected chi connectivity index (χ0v) is 13.5. The minimum Gasteiger partial charge on any atom is -0.481 e. The lowest BCUT2D eigenvalue weighted by atomic mass is 10.1. The molecule has 0 aromatic heterocycles. The Morgan fingerprint density at radius 3 is 2.46 bits per heavy atom. The SMILES string of the molecule is CCC(Oc1ccccc1)C(=O)Nc1ccc(Cl)c(C(F)(F)F)c1. The lowest BCUT2D eigenvalue weighted by Gasteiger charge is -2.18. The molecule has 2 aromatic carbocycles. The van der Waals surface area contributed by atoms with E-state index in [4.69, 9.17) is 16.3 Å². The van der Waals surface area contributed by atoms with E-state index >= 15 is 0 Å². The first-order valence-corrected chi connectivity index (χ1v) is 7.58. The Kier molecular flexibility index (Phi) is 5.72. The van der Waals surface area contributed by atoms with E-state index in [0.29, 0.717) is 12.2 Å². The molecule has 1 unspecified atom stereocenters. The van der Waals surface area contributed by atoms with Gasteiger partial charge in [-0.25, -0.2) is 0 Å². The summed E-state index contributed by atoms with van der Waals surface area (Å²) in [6.45, 7) is 1.75. The second-order valence-corrected chi connectivity index (χ2v) is 5.42. The minimum atomic E-state index is -4.59. The van der Waals surface area contributed by atoms with Crippen LogP contribution in [0, 0.1) is 0 Å². The van der Waals surface area contributed by atoms with Crippen LogP contribution in [0.4, 0.5) is 18.9 Å². The molecule has 128 valence electrons. The Balaban J connectivity index is 2.13. The molecule has 1 amide bonds. The van der Waals surface area contributed by atoms with Crippen molar-refractivity contribution in [1.29, 1.82) is 0 Å². The number of halogens is 4. The van der Waals surface area contributed by atoms with Gasteiger partial charge in [-0.15, -0.1) is 0 Å². The molecular weight excluding hydrogens is 343 g/mol. The lowest BCUT2D eigenvalue weighted by molar-refractivity contribution is -0.137. The number of carbonyl (C=O) groups excluding carboxylic acids is 1. The molecule has 0 aliphatic rings. The second kappa shape index (κ2) is 7.57. The van der Waals surface area contributed by atoms with Crippen LogP contribution in [-0.4, -0.2) is 12.0 Å². The molecule has 1 N–H and O–H groups in total. The number of benzene rings is 2. The number of rotatable bonds is 5. The highest BCUT2D eigenvalue weighted by molar-refractivity contribution is 6.31. The molecule has 0 spiro atoms. The van der Waals surface area contributed by atoms with E-state index in [-0.39, 0.29) is 5.69 Å². The first kappa shape index (κ1) is 18.1. The van der Waals surface area contributed by atoms with Crippen LogP contribution in [0.3, 0.4) is 0 Å². The summed E-state index contributed by atoms with van der Waals surface area (Å²) in [7, 11) is 0. The number of ether oxygens (including phenoxy) is 1. The highest BCUT2D eigenvalue weighted by Crippen LogP contribution is 2.36. The largest absolute Gasteiger partial charge is 0.481 e. The Labute approximate surface area is 142 Å². The predicted molar refractivity (Wildman–Crippen MR) is 86.2 cm³/mol. The van der Waals surface area contributed by atoms with Crippen molar-refractivity contribution in [2.75, 3.05) is 5.32 Å². The topological polar surface area (TPSA) is 38.3 Å². The van der Waals surface area contributed by atoms with E-state index in [2.05, 4.69) is 5.32 Å². The molecule has 7 heteroatoms. The molecule has 0 radical (unpaired) electrons. The first-order valence-electron chi connectivity index (χ1n) is 7.20. The molecule has 0 fully saturated rings. The van der Waals surface area contributed by atoms with Crippen LogP contribution in [0.2, 0.25) is 5.02 Å². The third kappa shape index (κ3) is 4.64. The van der Waals surface area contributed by atoms with Crippen LogP contribution in [0.5, 0.6) is 5.75 Å². The summed E-state index contributed by atoms with van der Waals surface area (Å²) in [6, 6.07) is 11.9. The number of hydrogen-bond donors (Lipinski definition) is 1. The molecule has 0 heterocycles. The Hall–Kier alpha value is -2.21. The third-order valence-corrected chi connectivity index (χ3v) is 3.55. The summed E-state index contributed by atoms with van der Waals surface area (Å²) in [4.78, 5) is 12.2. The van der Waals surface area contributed by atoms with Crippen LogP contribution in [0.15, 0.2) is 48.5 Å². The monoisotopic (exact) mass is 357 g/mol. The zero-order chi connectivity index (χ0) is 17.7. The van der Waals surface area contributed by atoms with Crippen molar-refractivity contribution in [1.82, 2.24) is 0 Å². The number of para-hydroxylation sites is 1. The van der Waals surface area contributed by atoms with E-state index in [1.807, 2.05) is 0 Å². The predicted octanol–water partition coefficient (Wildman–Crippen LogP) is 5.15. The first-order chi connectivity index (χ1) is 11.3. The summed E-state index contributed by atoms with van der Waals surface area (Å²) < 4.78 is 44.1. The lowest BCUT2D eigenvalue weighted by Crippen LogP contribution is -2.32. The average Bonchev–Trinajstić information content (AvgIpc) is 2.54. The van der Waals surface area contributed by atoms with E-state index in [0.717, 1.165) is 12.1 Å². The summed E-state index contributed by atoms with van der Waals surface area (Å²) in [5.74, 6) is -0.0246. The smallest absolute Gasteiger partial charge is 0.417 e. The number of carbonyl (C=O) groups is 1. The summed E-state index contributed by atoms with van der Waals surface area (Å²) in [5, 5.41) is 2.01. The van der Waals surface area contributed by atoms with Crippen molar-refractivity contribution in [3.8, 4) is 5.75 Å². The van der Waals surface area contributed by atoms with Crippen molar-refractivity contribution in [3.63, 3.8) is 0 Å². The van der Waals surface area contributed by atoms with Crippen molar-refractivity contribution in [2.24, 2.45) is 0 Å². The molecule has 2 rings (SSSR count). The van der Waals surface area contributed by atoms with Crippen LogP contribution in [0.25, 0.3) is 0 Å². The Morgan fingerprint density at radius 2 is 1.88 bits per heavy atom. The maximum absolute atomic E-state index is 12.9. The van der Waals surface area contributed by atoms with Gasteiger partial charge in [0.2, 0.25) is 0 Å². The van der Waals surface area contributed by atoms with E-state index in [9.17, 15) is 18.0 Å². The zero-order valence-electron chi connectivity index (χ0n) is 12.7. The number of nitrogens with one attached hydrogen (secondary N) is 1. The molecule has 0 saturated carbocycles. The highest BCUT2D eigenvalue weighted by atomic mass is 35.5. The number of alkyl halides is 3. The molecule has 2 aromatic rings. The van der Waals surface area contributed by atoms with E-state index in [1.54, 1.807) is 37.3 Å². The minimum absolute atomic E-state index is 0.00633. The van der Waals surface area contributed by atoms with Crippen LogP contribution < -0.4 is 10.1 Å². The normalized spacial score (nSPS) is 12.5. The molecule has 0 aliphatic heterocycles. The molecule has 0 bridgehead atoms. The molecular formula is C17H15ClF3NO2. The number of amides is 1. The van der Waals surface area contributed by atoms with Crippen molar-refractivity contribution in [2.45, 2.75) is 25.6 Å². The van der Waals surface area contributed by atoms with Crippen LogP contribution in [-0.2, 0) is 11.0 Å². The van der Waals surface area contributed by atoms with E-state index < -0.39 is 28.8 Å². The maximum Gasteiger partial charge on any atom is 0.417 e. The van der Waals surface area contributed by atoms with Gasteiger partial charge >= 0.3 is 6.18 Å². The fraction of sp³-hybridized carbons (Fsp3) is 0.235. The second-order valence-electron chi connectivity index (χ2n) is 5.01. The molecule has 24 heavy (non-hydrogen) atoms.